The van der Waals surface area contributed by atoms with Crippen LogP contribution in [-0.4, -0.2) is 67.5 Å². The molecule has 6 heteroatoms. The first-order chi connectivity index (χ1) is 10.0. The molecule has 4 nitrogen and oxygen atoms in total. The number of likely N-dealkylation sites (N-methyl/N-ethyl adjacent to an activating group) is 1. The van der Waals surface area contributed by atoms with Crippen molar-refractivity contribution in [1.29, 1.82) is 0 Å². The summed E-state index contributed by atoms with van der Waals surface area (Å²) in [5, 5.41) is 11.5. The minimum atomic E-state index is -0.372. The zero-order chi connectivity index (χ0) is 15.2. The lowest BCUT2D eigenvalue weighted by atomic mass is 10.2. The molecule has 1 N–H and O–H groups in total. The number of ether oxygens (including phenoxy) is 1. The number of morpholine rings is 1. The third-order valence-electron chi connectivity index (χ3n) is 3.47. The van der Waals surface area contributed by atoms with E-state index in [9.17, 15) is 5.11 Å². The highest BCUT2D eigenvalue weighted by Gasteiger charge is 2.16. The molecular weight excluding hydrogens is 311 g/mol. The average Bonchev–Trinajstić information content (AvgIpc) is 2.37. The maximum Gasteiger partial charge on any atom is 0.0793 e. The molecule has 118 valence electrons. The van der Waals surface area contributed by atoms with Crippen molar-refractivity contribution < 1.29 is 9.84 Å². The summed E-state index contributed by atoms with van der Waals surface area (Å²) < 4.78 is 5.31. The molecule has 0 aliphatic carbocycles. The molecule has 0 spiro atoms. The zero-order valence-corrected chi connectivity index (χ0v) is 13.8. The predicted molar refractivity (Wildman–Crippen MR) is 86.1 cm³/mol. The van der Waals surface area contributed by atoms with Crippen molar-refractivity contribution in [3.05, 3.63) is 33.8 Å². The second-order valence-electron chi connectivity index (χ2n) is 5.54. The van der Waals surface area contributed by atoms with Crippen molar-refractivity contribution in [3.63, 3.8) is 0 Å². The maximum atomic E-state index is 10.2. The van der Waals surface area contributed by atoms with E-state index in [4.69, 9.17) is 27.9 Å². The third kappa shape index (κ3) is 6.10. The van der Waals surface area contributed by atoms with Gasteiger partial charge in [-0.3, -0.25) is 9.80 Å². The smallest absolute Gasteiger partial charge is 0.0793 e. The van der Waals surface area contributed by atoms with E-state index in [-0.39, 0.29) is 6.10 Å². The van der Waals surface area contributed by atoms with Crippen molar-refractivity contribution >= 4 is 23.2 Å². The Balaban J connectivity index is 1.78. The molecule has 1 atom stereocenters. The Morgan fingerprint density at radius 2 is 1.86 bits per heavy atom. The molecule has 0 bridgehead atoms. The normalized spacial score (nSPS) is 18.1. The fraction of sp³-hybridized carbons (Fsp3) is 0.600. The fourth-order valence-electron chi connectivity index (χ4n) is 2.58. The number of hydrogen-bond acceptors (Lipinski definition) is 4. The van der Waals surface area contributed by atoms with Crippen LogP contribution in [0, 0.1) is 0 Å². The molecular formula is C15H22Cl2N2O2. The monoisotopic (exact) mass is 332 g/mol. The van der Waals surface area contributed by atoms with Crippen LogP contribution in [0.25, 0.3) is 0 Å². The molecule has 0 aromatic heterocycles. The highest BCUT2D eigenvalue weighted by molar-refractivity contribution is 6.34. The van der Waals surface area contributed by atoms with Gasteiger partial charge in [-0.05, 0) is 30.8 Å². The second-order valence-corrected chi connectivity index (χ2v) is 6.41. The summed E-state index contributed by atoms with van der Waals surface area (Å²) in [5.41, 5.74) is 1.05. The molecule has 1 aromatic rings. The lowest BCUT2D eigenvalue weighted by Crippen LogP contribution is -2.43. The fourth-order valence-corrected chi connectivity index (χ4v) is 3.15. The SMILES string of the molecule is CN(Cc1cc(Cl)cc(Cl)c1)CC(O)CN1CCOCC1. The van der Waals surface area contributed by atoms with Crippen LogP contribution in [0.3, 0.4) is 0 Å². The number of hydrogen-bond donors (Lipinski definition) is 1. The lowest BCUT2D eigenvalue weighted by molar-refractivity contribution is 0.00825. The quantitative estimate of drug-likeness (QED) is 0.865. The van der Waals surface area contributed by atoms with E-state index < -0.39 is 0 Å². The van der Waals surface area contributed by atoms with Gasteiger partial charge >= 0.3 is 0 Å². The topological polar surface area (TPSA) is 35.9 Å². The average molecular weight is 333 g/mol. The first-order valence-corrected chi connectivity index (χ1v) is 7.90. The minimum absolute atomic E-state index is 0.372. The maximum absolute atomic E-state index is 10.2. The van der Waals surface area contributed by atoms with Crippen LogP contribution in [-0.2, 0) is 11.3 Å². The highest BCUT2D eigenvalue weighted by atomic mass is 35.5. The second kappa shape index (κ2) is 8.32. The summed E-state index contributed by atoms with van der Waals surface area (Å²) in [6, 6.07) is 5.52. The highest BCUT2D eigenvalue weighted by Crippen LogP contribution is 2.20. The van der Waals surface area contributed by atoms with E-state index in [1.165, 1.54) is 0 Å². The summed E-state index contributed by atoms with van der Waals surface area (Å²) in [7, 11) is 1.98. The molecule has 1 heterocycles. The molecule has 1 aliphatic rings. The predicted octanol–water partition coefficient (Wildman–Crippen LogP) is 2.12. The summed E-state index contributed by atoms with van der Waals surface area (Å²) in [6.07, 6.45) is -0.372. The summed E-state index contributed by atoms with van der Waals surface area (Å²) in [5.74, 6) is 0. The van der Waals surface area contributed by atoms with Gasteiger partial charge in [-0.2, -0.15) is 0 Å². The standard InChI is InChI=1S/C15H22Cl2N2O2/c1-18(9-12-6-13(16)8-14(17)7-12)10-15(20)11-19-2-4-21-5-3-19/h6-8,15,20H,2-5,9-11H2,1H3. The molecule has 0 radical (unpaired) electrons. The molecule has 0 amide bonds. The molecule has 1 aliphatic heterocycles. The van der Waals surface area contributed by atoms with Gasteiger partial charge < -0.3 is 9.84 Å². The molecule has 1 unspecified atom stereocenters. The van der Waals surface area contributed by atoms with Gasteiger partial charge in [0.2, 0.25) is 0 Å². The van der Waals surface area contributed by atoms with Crippen LogP contribution < -0.4 is 0 Å². The first kappa shape index (κ1) is 17.0. The van der Waals surface area contributed by atoms with Gasteiger partial charge in [-0.1, -0.05) is 23.2 Å². The number of nitrogens with zero attached hydrogens (tertiary/aromatic N) is 2. The molecule has 0 saturated carbocycles. The van der Waals surface area contributed by atoms with Gasteiger partial charge in [-0.25, -0.2) is 0 Å². The number of benzene rings is 1. The van der Waals surface area contributed by atoms with E-state index in [1.807, 2.05) is 19.2 Å². The Hall–Kier alpha value is -0.360. The van der Waals surface area contributed by atoms with Crippen LogP contribution in [0.2, 0.25) is 10.0 Å². The number of aliphatic hydroxyl groups is 1. The molecule has 1 aromatic carbocycles. The Morgan fingerprint density at radius 1 is 1.24 bits per heavy atom. The van der Waals surface area contributed by atoms with Gasteiger partial charge in [0, 0.05) is 42.8 Å². The van der Waals surface area contributed by atoms with E-state index in [2.05, 4.69) is 9.80 Å². The van der Waals surface area contributed by atoms with Crippen LogP contribution in [0.15, 0.2) is 18.2 Å². The Kier molecular flexibility index (Phi) is 6.74. The Morgan fingerprint density at radius 3 is 2.48 bits per heavy atom. The van der Waals surface area contributed by atoms with E-state index in [1.54, 1.807) is 6.07 Å². The van der Waals surface area contributed by atoms with Crippen molar-refractivity contribution in [2.24, 2.45) is 0 Å². The summed E-state index contributed by atoms with van der Waals surface area (Å²) in [4.78, 5) is 4.31. The largest absolute Gasteiger partial charge is 0.390 e. The van der Waals surface area contributed by atoms with Crippen LogP contribution in [0.5, 0.6) is 0 Å². The summed E-state index contributed by atoms with van der Waals surface area (Å²) in [6.45, 7) is 5.30. The van der Waals surface area contributed by atoms with Crippen molar-refractivity contribution in [3.8, 4) is 0 Å². The van der Waals surface area contributed by atoms with Gasteiger partial charge in [0.15, 0.2) is 0 Å². The van der Waals surface area contributed by atoms with Gasteiger partial charge in [0.25, 0.3) is 0 Å². The molecule has 1 saturated heterocycles. The van der Waals surface area contributed by atoms with Gasteiger partial charge in [-0.15, -0.1) is 0 Å². The third-order valence-corrected chi connectivity index (χ3v) is 3.91. The van der Waals surface area contributed by atoms with Crippen LogP contribution in [0.1, 0.15) is 5.56 Å². The number of halogens is 2. The van der Waals surface area contributed by atoms with Gasteiger partial charge in [0.05, 0.1) is 19.3 Å². The number of aliphatic hydroxyl groups excluding tert-OH is 1. The van der Waals surface area contributed by atoms with Crippen LogP contribution >= 0.6 is 23.2 Å². The zero-order valence-electron chi connectivity index (χ0n) is 12.3. The minimum Gasteiger partial charge on any atom is -0.390 e. The van der Waals surface area contributed by atoms with Crippen molar-refractivity contribution in [2.45, 2.75) is 12.6 Å². The van der Waals surface area contributed by atoms with Crippen LogP contribution in [0.4, 0.5) is 0 Å². The van der Waals surface area contributed by atoms with Crippen molar-refractivity contribution in [1.82, 2.24) is 9.80 Å². The molecule has 21 heavy (non-hydrogen) atoms. The van der Waals surface area contributed by atoms with Crippen molar-refractivity contribution in [2.75, 3.05) is 46.4 Å². The number of rotatable bonds is 6. The Bertz CT molecular complexity index is 433. The Labute approximate surface area is 136 Å². The number of β-amino-alcohol motifs (C(OH)–C–C–N with tert-alkyl or cyclic N) is 1. The van der Waals surface area contributed by atoms with E-state index in [0.29, 0.717) is 29.7 Å². The first-order valence-electron chi connectivity index (χ1n) is 7.14. The van der Waals surface area contributed by atoms with E-state index >= 15 is 0 Å². The van der Waals surface area contributed by atoms with E-state index in [0.717, 1.165) is 31.9 Å². The summed E-state index contributed by atoms with van der Waals surface area (Å²) >= 11 is 12.0. The van der Waals surface area contributed by atoms with Gasteiger partial charge in [0.1, 0.15) is 0 Å². The molecule has 2 rings (SSSR count). The lowest BCUT2D eigenvalue weighted by Gasteiger charge is -2.30. The molecule has 1 fully saturated rings.